The number of hydrogen-bond donors (Lipinski definition) is 1. The SMILES string of the molecule is Cc1ccc(/C=C2\CN(C(=O)[C@H](CC(=O)CCCCCCNC(=O)C[C@@H]3N=C(c4ccc(Cl)cc4)c4c(sc(C)c4C)-n4c(C)nnc43)Cc3ccccc3)C/C(=C\c3ccc(Cl)c(Cl)c3)C2=O)cc1Cl. The van der Waals surface area contributed by atoms with E-state index in [1.165, 1.54) is 4.88 Å². The van der Waals surface area contributed by atoms with Crippen molar-refractivity contribution in [3.8, 4) is 5.00 Å². The van der Waals surface area contributed by atoms with E-state index in [9.17, 15) is 19.2 Å². The summed E-state index contributed by atoms with van der Waals surface area (Å²) in [4.78, 5) is 64.1. The number of Topliss-reactive ketones (excluding diaryl/α,β-unsaturated/α-hetero) is 2. The van der Waals surface area contributed by atoms with Gasteiger partial charge in [-0.25, -0.2) is 0 Å². The van der Waals surface area contributed by atoms with Crippen molar-refractivity contribution in [2.24, 2.45) is 10.9 Å². The molecule has 71 heavy (non-hydrogen) atoms. The summed E-state index contributed by atoms with van der Waals surface area (Å²) in [5.74, 6) is 0.182. The molecule has 2 aromatic heterocycles. The summed E-state index contributed by atoms with van der Waals surface area (Å²) in [6, 6.07) is 27.4. The molecule has 0 unspecified atom stereocenters. The van der Waals surface area contributed by atoms with Gasteiger partial charge in [-0.3, -0.25) is 28.7 Å². The van der Waals surface area contributed by atoms with Crippen LogP contribution in [0.4, 0.5) is 0 Å². The minimum Gasteiger partial charge on any atom is -0.356 e. The van der Waals surface area contributed by atoms with Crippen LogP contribution in [0.15, 0.2) is 107 Å². The van der Waals surface area contributed by atoms with Gasteiger partial charge in [0.25, 0.3) is 0 Å². The number of thiophene rings is 1. The molecule has 0 aliphatic carbocycles. The van der Waals surface area contributed by atoms with Crippen LogP contribution in [0.3, 0.4) is 0 Å². The topological polar surface area (TPSA) is 127 Å². The number of amides is 2. The highest BCUT2D eigenvalue weighted by atomic mass is 35.5. The van der Waals surface area contributed by atoms with Gasteiger partial charge in [0.2, 0.25) is 11.8 Å². The number of aromatic nitrogens is 3. The molecule has 0 saturated carbocycles. The summed E-state index contributed by atoms with van der Waals surface area (Å²) in [5, 5.41) is 14.9. The molecule has 4 heterocycles. The summed E-state index contributed by atoms with van der Waals surface area (Å²) in [6.45, 7) is 8.63. The smallest absolute Gasteiger partial charge is 0.227 e. The molecule has 2 amide bonds. The van der Waals surface area contributed by atoms with Gasteiger partial charge < -0.3 is 10.2 Å². The highest BCUT2D eigenvalue weighted by molar-refractivity contribution is 7.15. The third-order valence-corrected chi connectivity index (χ3v) is 15.6. The number of halogens is 4. The normalized spacial score (nSPS) is 16.1. The highest BCUT2D eigenvalue weighted by Crippen LogP contribution is 2.40. The Morgan fingerprint density at radius 1 is 0.789 bits per heavy atom. The first-order valence-corrected chi connectivity index (χ1v) is 26.1. The maximum absolute atomic E-state index is 14.7. The van der Waals surface area contributed by atoms with Crippen molar-refractivity contribution < 1.29 is 19.2 Å². The molecule has 15 heteroatoms. The molecular formula is C56H54Cl4N6O4S. The van der Waals surface area contributed by atoms with Crippen LogP contribution in [-0.4, -0.2) is 68.4 Å². The molecular weight excluding hydrogens is 995 g/mol. The molecule has 0 bridgehead atoms. The number of carbonyl (C=O) groups is 4. The predicted molar refractivity (Wildman–Crippen MR) is 287 cm³/mol. The van der Waals surface area contributed by atoms with E-state index in [0.717, 1.165) is 69.2 Å². The van der Waals surface area contributed by atoms with Crippen molar-refractivity contribution in [3.05, 3.63) is 178 Å². The fourth-order valence-corrected chi connectivity index (χ4v) is 10.9. The van der Waals surface area contributed by atoms with Crippen LogP contribution in [0.25, 0.3) is 17.2 Å². The van der Waals surface area contributed by atoms with Gasteiger partial charge in [0.1, 0.15) is 22.7 Å². The maximum Gasteiger partial charge on any atom is 0.227 e. The lowest BCUT2D eigenvalue weighted by Crippen LogP contribution is -2.45. The number of unbranched alkanes of at least 4 members (excludes halogenated alkanes) is 3. The first-order chi connectivity index (χ1) is 34.1. The van der Waals surface area contributed by atoms with Crippen LogP contribution < -0.4 is 5.32 Å². The van der Waals surface area contributed by atoms with E-state index in [1.807, 2.05) is 85.1 Å². The van der Waals surface area contributed by atoms with E-state index in [-0.39, 0.29) is 49.3 Å². The van der Waals surface area contributed by atoms with Gasteiger partial charge in [0.15, 0.2) is 11.6 Å². The Labute approximate surface area is 438 Å². The van der Waals surface area contributed by atoms with Crippen molar-refractivity contribution in [3.63, 3.8) is 0 Å². The summed E-state index contributed by atoms with van der Waals surface area (Å²) < 4.78 is 2.04. The molecule has 0 spiro atoms. The number of benzene rings is 4. The van der Waals surface area contributed by atoms with E-state index in [1.54, 1.807) is 52.7 Å². The van der Waals surface area contributed by atoms with Gasteiger partial charge >= 0.3 is 0 Å². The zero-order valence-corrected chi connectivity index (χ0v) is 43.9. The zero-order valence-electron chi connectivity index (χ0n) is 40.0. The Bertz CT molecular complexity index is 3010. The Morgan fingerprint density at radius 2 is 1.46 bits per heavy atom. The van der Waals surface area contributed by atoms with Crippen LogP contribution in [0.5, 0.6) is 0 Å². The second-order valence-electron chi connectivity index (χ2n) is 18.3. The molecule has 0 radical (unpaired) electrons. The van der Waals surface area contributed by atoms with Gasteiger partial charge in [0.05, 0.1) is 22.2 Å². The number of ketones is 2. The summed E-state index contributed by atoms with van der Waals surface area (Å²) in [7, 11) is 0. The minimum atomic E-state index is -0.646. The van der Waals surface area contributed by atoms with Crippen molar-refractivity contribution in [1.29, 1.82) is 0 Å². The number of piperidine rings is 1. The number of hydrogen-bond acceptors (Lipinski definition) is 8. The Morgan fingerprint density at radius 3 is 2.15 bits per heavy atom. The highest BCUT2D eigenvalue weighted by Gasteiger charge is 2.35. The van der Waals surface area contributed by atoms with Crippen LogP contribution in [0.2, 0.25) is 20.1 Å². The average molecular weight is 1050 g/mol. The molecule has 1 saturated heterocycles. The second kappa shape index (κ2) is 23.2. The number of likely N-dealkylation sites (tertiary alicyclic amines) is 1. The van der Waals surface area contributed by atoms with E-state index in [2.05, 4.69) is 29.4 Å². The Hall–Kier alpha value is -5.69. The standard InChI is InChI=1S/C56H54Cl4N6O4S/c1-33-15-16-38(27-47(33)59)25-42-31-65(32-43(53(42)69)26-39-17-22-46(58)48(60)28-39)55(70)41(24-37-12-8-7-9-13-37)29-45(67)14-10-5-6-11-23-61-50(68)30-49-54-64-63-36(4)66(54)56-51(34(2)35(3)71-56)52(62-49)40-18-20-44(57)21-19-40/h7-9,12-13,15-22,25-28,41,49H,5-6,10-11,14,23-24,29-32H2,1-4H3,(H,61,68)/b42-25+,43-26+/t41-,49-/m0/s1. The number of rotatable bonds is 17. The van der Waals surface area contributed by atoms with Crippen molar-refractivity contribution in [1.82, 2.24) is 25.0 Å². The molecule has 10 nitrogen and oxygen atoms in total. The molecule has 1 N–H and O–H groups in total. The number of nitrogens with one attached hydrogen (secondary N) is 1. The Balaban J connectivity index is 0.887. The molecule has 1 fully saturated rings. The molecule has 4 aromatic carbocycles. The number of fused-ring (bicyclic) bond motifs is 3. The summed E-state index contributed by atoms with van der Waals surface area (Å²) >= 11 is 27.0. The number of aliphatic imine (C=N–C) groups is 1. The van der Waals surface area contributed by atoms with Gasteiger partial charge in [0, 0.05) is 75.6 Å². The molecule has 2 atom stereocenters. The van der Waals surface area contributed by atoms with Crippen LogP contribution in [-0.2, 0) is 25.6 Å². The largest absolute Gasteiger partial charge is 0.356 e. The zero-order chi connectivity index (χ0) is 50.3. The first kappa shape index (κ1) is 51.7. The summed E-state index contributed by atoms with van der Waals surface area (Å²) in [6.07, 6.45) is 7.36. The van der Waals surface area contributed by atoms with E-state index in [4.69, 9.17) is 51.4 Å². The summed E-state index contributed by atoms with van der Waals surface area (Å²) in [5.41, 5.74) is 7.94. The average Bonchev–Trinajstić information content (AvgIpc) is 3.83. The molecule has 6 aromatic rings. The van der Waals surface area contributed by atoms with Crippen molar-refractivity contribution >= 4 is 99.0 Å². The predicted octanol–water partition coefficient (Wildman–Crippen LogP) is 12.9. The molecule has 8 rings (SSSR count). The van der Waals surface area contributed by atoms with E-state index < -0.39 is 12.0 Å². The van der Waals surface area contributed by atoms with Gasteiger partial charge in [-0.05, 0) is 117 Å². The first-order valence-electron chi connectivity index (χ1n) is 23.8. The molecule has 2 aliphatic rings. The lowest BCUT2D eigenvalue weighted by atomic mass is 9.89. The number of aryl methyl sites for hydroxylation is 3. The van der Waals surface area contributed by atoms with Crippen LogP contribution in [0, 0.1) is 33.6 Å². The lowest BCUT2D eigenvalue weighted by Gasteiger charge is -2.33. The monoisotopic (exact) mass is 1050 g/mol. The Kier molecular flexibility index (Phi) is 16.9. The third-order valence-electron chi connectivity index (χ3n) is 13.0. The molecule has 366 valence electrons. The van der Waals surface area contributed by atoms with Gasteiger partial charge in [-0.1, -0.05) is 120 Å². The van der Waals surface area contributed by atoms with Gasteiger partial charge in [-0.2, -0.15) is 0 Å². The van der Waals surface area contributed by atoms with Crippen molar-refractivity contribution in [2.45, 2.75) is 85.1 Å². The fourth-order valence-electron chi connectivity index (χ4n) is 9.09. The third kappa shape index (κ3) is 12.5. The second-order valence-corrected chi connectivity index (χ2v) is 21.2. The maximum atomic E-state index is 14.7. The number of carbonyl (C=O) groups excluding carboxylic acids is 4. The minimum absolute atomic E-state index is 0.00188. The quantitative estimate of drug-likeness (QED) is 0.0716. The van der Waals surface area contributed by atoms with Gasteiger partial charge in [-0.15, -0.1) is 21.5 Å². The van der Waals surface area contributed by atoms with Crippen LogP contribution >= 0.6 is 57.7 Å². The number of nitrogens with zero attached hydrogens (tertiary/aromatic N) is 5. The molecule has 2 aliphatic heterocycles. The lowest BCUT2D eigenvalue weighted by molar-refractivity contribution is -0.138. The van der Waals surface area contributed by atoms with E-state index >= 15 is 0 Å². The van der Waals surface area contributed by atoms with Crippen LogP contribution in [0.1, 0.15) is 106 Å². The fraction of sp³-hybridized carbons (Fsp3) is 0.304. The van der Waals surface area contributed by atoms with E-state index in [0.29, 0.717) is 68.4 Å². The van der Waals surface area contributed by atoms with Crippen molar-refractivity contribution in [2.75, 3.05) is 19.6 Å².